The van der Waals surface area contributed by atoms with E-state index in [4.69, 9.17) is 15.2 Å². The first-order valence-corrected chi connectivity index (χ1v) is 7.51. The van der Waals surface area contributed by atoms with Gasteiger partial charge >= 0.3 is 0 Å². The lowest BCUT2D eigenvalue weighted by Crippen LogP contribution is -2.05. The maximum absolute atomic E-state index is 6.05. The van der Waals surface area contributed by atoms with E-state index in [0.717, 1.165) is 24.0 Å². The van der Waals surface area contributed by atoms with Crippen molar-refractivity contribution in [3.05, 3.63) is 34.5 Å². The molecule has 6 heteroatoms. The van der Waals surface area contributed by atoms with Crippen molar-refractivity contribution in [2.45, 2.75) is 13.0 Å². The van der Waals surface area contributed by atoms with Crippen molar-refractivity contribution in [1.29, 1.82) is 0 Å². The Balaban J connectivity index is 1.99. The Labute approximate surface area is 126 Å². The van der Waals surface area contributed by atoms with Crippen LogP contribution in [0, 0.1) is 0 Å². The molecular weight excluding hydrogens is 286 g/mol. The number of ether oxygens (including phenoxy) is 2. The first kappa shape index (κ1) is 13.8. The van der Waals surface area contributed by atoms with Gasteiger partial charge in [-0.1, -0.05) is 6.07 Å². The Hall–Kier alpha value is -2.21. The number of nitrogen functional groups attached to an aromatic ring is 1. The fourth-order valence-corrected chi connectivity index (χ4v) is 3.08. The minimum absolute atomic E-state index is 0.511. The lowest BCUT2D eigenvalue weighted by atomic mass is 10.2. The molecule has 1 aromatic carbocycles. The Kier molecular flexibility index (Phi) is 3.70. The van der Waals surface area contributed by atoms with Gasteiger partial charge in [0.15, 0.2) is 11.5 Å². The zero-order valence-corrected chi connectivity index (χ0v) is 12.8. The van der Waals surface area contributed by atoms with Crippen molar-refractivity contribution in [1.82, 2.24) is 9.55 Å². The molecule has 0 aliphatic carbocycles. The normalized spacial score (nSPS) is 11.0. The Morgan fingerprint density at radius 2 is 2.00 bits per heavy atom. The van der Waals surface area contributed by atoms with Crippen molar-refractivity contribution in [3.8, 4) is 11.5 Å². The van der Waals surface area contributed by atoms with Crippen LogP contribution in [0.2, 0.25) is 0 Å². The number of rotatable bonds is 5. The monoisotopic (exact) mass is 303 g/mol. The molecule has 3 rings (SSSR count). The van der Waals surface area contributed by atoms with Gasteiger partial charge in [-0.25, -0.2) is 4.98 Å². The molecule has 2 aromatic heterocycles. The summed E-state index contributed by atoms with van der Waals surface area (Å²) in [5.41, 5.74) is 7.83. The topological polar surface area (TPSA) is 62.3 Å². The van der Waals surface area contributed by atoms with Gasteiger partial charge in [0.2, 0.25) is 5.95 Å². The summed E-state index contributed by atoms with van der Waals surface area (Å²) in [4.78, 5) is 5.74. The molecule has 0 unspecified atom stereocenters. The summed E-state index contributed by atoms with van der Waals surface area (Å²) in [5.74, 6) is 1.85. The van der Waals surface area contributed by atoms with Gasteiger partial charge in [0, 0.05) is 23.6 Å². The van der Waals surface area contributed by atoms with Gasteiger partial charge in [-0.05, 0) is 17.9 Å². The summed E-state index contributed by atoms with van der Waals surface area (Å²) < 4.78 is 12.7. The van der Waals surface area contributed by atoms with E-state index in [2.05, 4.69) is 22.5 Å². The van der Waals surface area contributed by atoms with Crippen molar-refractivity contribution < 1.29 is 9.47 Å². The van der Waals surface area contributed by atoms with Gasteiger partial charge in [0.05, 0.1) is 25.3 Å². The molecule has 0 aliphatic rings. The minimum Gasteiger partial charge on any atom is -0.493 e. The maximum atomic E-state index is 6.05. The van der Waals surface area contributed by atoms with E-state index in [1.54, 1.807) is 25.6 Å². The van der Waals surface area contributed by atoms with Crippen LogP contribution < -0.4 is 15.2 Å². The van der Waals surface area contributed by atoms with Crippen molar-refractivity contribution >= 4 is 28.3 Å². The highest BCUT2D eigenvalue weighted by Gasteiger charge is 2.13. The number of anilines is 1. The number of thiophene rings is 1. The van der Waals surface area contributed by atoms with Gasteiger partial charge in [0.25, 0.3) is 0 Å². The average Bonchev–Trinajstić information content (AvgIpc) is 3.10. The van der Waals surface area contributed by atoms with E-state index in [9.17, 15) is 0 Å². The molecule has 0 spiro atoms. The summed E-state index contributed by atoms with van der Waals surface area (Å²) >= 11 is 1.75. The zero-order chi connectivity index (χ0) is 14.8. The molecule has 21 heavy (non-hydrogen) atoms. The highest BCUT2D eigenvalue weighted by Crippen LogP contribution is 2.33. The summed E-state index contributed by atoms with van der Waals surface area (Å²) in [6, 6.07) is 7.96. The van der Waals surface area contributed by atoms with E-state index < -0.39 is 0 Å². The van der Waals surface area contributed by atoms with Crippen LogP contribution in [-0.2, 0) is 13.0 Å². The van der Waals surface area contributed by atoms with Crippen molar-refractivity contribution in [3.63, 3.8) is 0 Å². The van der Waals surface area contributed by atoms with E-state index in [1.807, 2.05) is 16.7 Å². The molecule has 2 N–H and O–H groups in total. The lowest BCUT2D eigenvalue weighted by molar-refractivity contribution is 0.355. The van der Waals surface area contributed by atoms with Crippen LogP contribution in [0.25, 0.3) is 11.0 Å². The van der Waals surface area contributed by atoms with Crippen LogP contribution in [-0.4, -0.2) is 23.8 Å². The molecule has 0 aliphatic heterocycles. The SMILES string of the molecule is COc1cc2nc(N)n(CCc3cccs3)c2cc1OC. The molecule has 0 fully saturated rings. The first-order valence-electron chi connectivity index (χ1n) is 6.63. The Morgan fingerprint density at radius 1 is 1.24 bits per heavy atom. The van der Waals surface area contributed by atoms with E-state index in [0.29, 0.717) is 17.4 Å². The second-order valence-electron chi connectivity index (χ2n) is 4.65. The van der Waals surface area contributed by atoms with E-state index >= 15 is 0 Å². The summed E-state index contributed by atoms with van der Waals surface area (Å²) in [5, 5.41) is 2.08. The Morgan fingerprint density at radius 3 is 2.67 bits per heavy atom. The third-order valence-corrected chi connectivity index (χ3v) is 4.38. The quantitative estimate of drug-likeness (QED) is 0.787. The fourth-order valence-electron chi connectivity index (χ4n) is 2.38. The molecule has 0 saturated carbocycles. The standard InChI is InChI=1S/C15H17N3O2S/c1-19-13-8-11-12(9-14(13)20-2)18(15(16)17-11)6-5-10-4-3-7-21-10/h3-4,7-9H,5-6H2,1-2H3,(H2,16,17). The van der Waals surface area contributed by atoms with Crippen LogP contribution in [0.15, 0.2) is 29.6 Å². The predicted molar refractivity (Wildman–Crippen MR) is 85.3 cm³/mol. The number of hydrogen-bond acceptors (Lipinski definition) is 5. The smallest absolute Gasteiger partial charge is 0.201 e. The summed E-state index contributed by atoms with van der Waals surface area (Å²) in [7, 11) is 3.24. The highest BCUT2D eigenvalue weighted by atomic mass is 32.1. The molecule has 0 atom stereocenters. The highest BCUT2D eigenvalue weighted by molar-refractivity contribution is 7.09. The maximum Gasteiger partial charge on any atom is 0.201 e. The molecule has 3 aromatic rings. The number of benzene rings is 1. The van der Waals surface area contributed by atoms with Gasteiger partial charge < -0.3 is 19.8 Å². The summed E-state index contributed by atoms with van der Waals surface area (Å²) in [6.45, 7) is 0.790. The van der Waals surface area contributed by atoms with Crippen LogP contribution in [0.4, 0.5) is 5.95 Å². The number of imidazole rings is 1. The van der Waals surface area contributed by atoms with Crippen LogP contribution >= 0.6 is 11.3 Å². The van der Waals surface area contributed by atoms with Crippen LogP contribution in [0.3, 0.4) is 0 Å². The predicted octanol–water partition coefficient (Wildman–Crippen LogP) is 2.94. The zero-order valence-electron chi connectivity index (χ0n) is 12.0. The number of fused-ring (bicyclic) bond motifs is 1. The average molecular weight is 303 g/mol. The van der Waals surface area contributed by atoms with E-state index in [-0.39, 0.29) is 0 Å². The van der Waals surface area contributed by atoms with Crippen molar-refractivity contribution in [2.24, 2.45) is 0 Å². The molecule has 2 heterocycles. The number of aromatic nitrogens is 2. The largest absolute Gasteiger partial charge is 0.493 e. The third kappa shape index (κ3) is 2.54. The van der Waals surface area contributed by atoms with Crippen molar-refractivity contribution in [2.75, 3.05) is 20.0 Å². The number of hydrogen-bond donors (Lipinski definition) is 1. The lowest BCUT2D eigenvalue weighted by Gasteiger charge is -2.09. The number of aryl methyl sites for hydroxylation is 2. The molecule has 0 amide bonds. The van der Waals surface area contributed by atoms with Crippen LogP contribution in [0.1, 0.15) is 4.88 Å². The van der Waals surface area contributed by atoms with Gasteiger partial charge in [-0.2, -0.15) is 0 Å². The minimum atomic E-state index is 0.511. The fraction of sp³-hybridized carbons (Fsp3) is 0.267. The summed E-state index contributed by atoms with van der Waals surface area (Å²) in [6.07, 6.45) is 0.932. The van der Waals surface area contributed by atoms with E-state index in [1.165, 1.54) is 4.88 Å². The molecule has 0 bridgehead atoms. The molecule has 0 radical (unpaired) electrons. The number of nitrogens with two attached hydrogens (primary N) is 1. The second kappa shape index (κ2) is 5.65. The third-order valence-electron chi connectivity index (χ3n) is 3.44. The first-order chi connectivity index (χ1) is 10.2. The molecule has 5 nitrogen and oxygen atoms in total. The number of methoxy groups -OCH3 is 2. The van der Waals surface area contributed by atoms with Gasteiger partial charge in [-0.3, -0.25) is 0 Å². The van der Waals surface area contributed by atoms with Crippen LogP contribution in [0.5, 0.6) is 11.5 Å². The number of nitrogens with zero attached hydrogens (tertiary/aromatic N) is 2. The molecule has 0 saturated heterocycles. The molecule has 110 valence electrons. The second-order valence-corrected chi connectivity index (χ2v) is 5.68. The molecular formula is C15H17N3O2S. The Bertz CT molecular complexity index is 750. The van der Waals surface area contributed by atoms with Gasteiger partial charge in [-0.15, -0.1) is 11.3 Å². The van der Waals surface area contributed by atoms with Gasteiger partial charge in [0.1, 0.15) is 0 Å².